The number of ether oxygens (including phenoxy) is 1. The summed E-state index contributed by atoms with van der Waals surface area (Å²) in [5.41, 5.74) is -5.76. The van der Waals surface area contributed by atoms with E-state index >= 15 is 0 Å². The van der Waals surface area contributed by atoms with Crippen LogP contribution in [0.25, 0.3) is 10.9 Å². The van der Waals surface area contributed by atoms with E-state index in [4.69, 9.17) is 4.74 Å². The van der Waals surface area contributed by atoms with Crippen LogP contribution in [0.2, 0.25) is 0 Å². The standard InChI is InChI=1S/C20H27F3N2O4S/c1-12(2)16(18(26)29-19(4,5)6)25(30(27,28)20(21,22)23)17-13(3)14-10-8-9-11-15(14)24(17)7/h8-12,16H,1-7H3/t16-/m0/s1. The van der Waals surface area contributed by atoms with Gasteiger partial charge in [0.15, 0.2) is 0 Å². The summed E-state index contributed by atoms with van der Waals surface area (Å²) in [5, 5.41) is 0.587. The fraction of sp³-hybridized carbons (Fsp3) is 0.550. The molecule has 1 aromatic carbocycles. The molecule has 0 aliphatic heterocycles. The molecule has 0 unspecified atom stereocenters. The number of anilines is 1. The molecule has 0 saturated heterocycles. The minimum Gasteiger partial charge on any atom is -0.458 e. The Labute approximate surface area is 174 Å². The van der Waals surface area contributed by atoms with Crippen LogP contribution >= 0.6 is 0 Å². The van der Waals surface area contributed by atoms with Crippen molar-refractivity contribution in [1.82, 2.24) is 4.57 Å². The highest BCUT2D eigenvalue weighted by atomic mass is 32.2. The lowest BCUT2D eigenvalue weighted by molar-refractivity contribution is -0.157. The van der Waals surface area contributed by atoms with E-state index in [1.807, 2.05) is 0 Å². The maximum absolute atomic E-state index is 13.7. The first-order valence-corrected chi connectivity index (χ1v) is 10.8. The van der Waals surface area contributed by atoms with Gasteiger partial charge in [0.1, 0.15) is 17.5 Å². The highest BCUT2D eigenvalue weighted by Gasteiger charge is 2.55. The van der Waals surface area contributed by atoms with Gasteiger partial charge in [-0.25, -0.2) is 9.10 Å². The van der Waals surface area contributed by atoms with E-state index in [0.717, 1.165) is 0 Å². The van der Waals surface area contributed by atoms with Crippen LogP contribution in [0.1, 0.15) is 40.2 Å². The zero-order chi connectivity index (χ0) is 23.2. The molecule has 168 valence electrons. The van der Waals surface area contributed by atoms with E-state index in [1.165, 1.54) is 32.4 Å². The van der Waals surface area contributed by atoms with Crippen LogP contribution in [0.15, 0.2) is 24.3 Å². The van der Waals surface area contributed by atoms with Crippen molar-refractivity contribution >= 4 is 32.7 Å². The molecule has 0 amide bonds. The maximum Gasteiger partial charge on any atom is 0.516 e. The Morgan fingerprint density at radius 1 is 1.13 bits per heavy atom. The third-order valence-electron chi connectivity index (χ3n) is 4.62. The van der Waals surface area contributed by atoms with Gasteiger partial charge in [0.05, 0.1) is 0 Å². The van der Waals surface area contributed by atoms with Crippen LogP contribution in [-0.2, 0) is 26.6 Å². The smallest absolute Gasteiger partial charge is 0.458 e. The zero-order valence-corrected chi connectivity index (χ0v) is 18.9. The second-order valence-electron chi connectivity index (χ2n) is 8.49. The zero-order valence-electron chi connectivity index (χ0n) is 18.0. The van der Waals surface area contributed by atoms with Gasteiger partial charge in [-0.05, 0) is 39.7 Å². The fourth-order valence-corrected chi connectivity index (χ4v) is 4.73. The quantitative estimate of drug-likeness (QED) is 0.631. The third-order valence-corrected chi connectivity index (χ3v) is 6.12. The van der Waals surface area contributed by atoms with Gasteiger partial charge in [0, 0.05) is 23.5 Å². The fourth-order valence-electron chi connectivity index (χ4n) is 3.39. The Balaban J connectivity index is 2.88. The highest BCUT2D eigenvalue weighted by Crippen LogP contribution is 2.40. The number of sulfonamides is 1. The van der Waals surface area contributed by atoms with Crippen molar-refractivity contribution in [2.24, 2.45) is 13.0 Å². The molecule has 0 aliphatic rings. The number of nitrogens with zero attached hydrogens (tertiary/aromatic N) is 2. The Kier molecular flexibility index (Phi) is 6.24. The SMILES string of the molecule is Cc1c(N([C@H](C(=O)OC(C)(C)C)C(C)C)S(=O)(=O)C(F)(F)F)n(C)c2ccccc12. The number of esters is 1. The van der Waals surface area contributed by atoms with Gasteiger partial charge < -0.3 is 9.30 Å². The van der Waals surface area contributed by atoms with Crippen molar-refractivity contribution < 1.29 is 31.1 Å². The van der Waals surface area contributed by atoms with E-state index in [9.17, 15) is 26.4 Å². The molecule has 0 bridgehead atoms. The average Bonchev–Trinajstić information content (AvgIpc) is 2.81. The van der Waals surface area contributed by atoms with Crippen LogP contribution in [0.5, 0.6) is 0 Å². The molecular weight excluding hydrogens is 421 g/mol. The Bertz CT molecular complexity index is 1010. The Morgan fingerprint density at radius 3 is 2.10 bits per heavy atom. The lowest BCUT2D eigenvalue weighted by Gasteiger charge is -2.36. The second-order valence-corrected chi connectivity index (χ2v) is 10.3. The number of alkyl halides is 3. The summed E-state index contributed by atoms with van der Waals surface area (Å²) < 4.78 is 73.5. The molecule has 0 radical (unpaired) electrons. The van der Waals surface area contributed by atoms with Crippen molar-refractivity contribution in [3.8, 4) is 0 Å². The van der Waals surface area contributed by atoms with Gasteiger partial charge in [-0.1, -0.05) is 32.0 Å². The van der Waals surface area contributed by atoms with Gasteiger partial charge in [0.2, 0.25) is 0 Å². The number of carbonyl (C=O) groups is 1. The van der Waals surface area contributed by atoms with Crippen LogP contribution in [0.3, 0.4) is 0 Å². The molecule has 1 heterocycles. The molecule has 0 N–H and O–H groups in total. The van der Waals surface area contributed by atoms with Crippen LogP contribution in [0.4, 0.5) is 19.0 Å². The second kappa shape index (κ2) is 7.79. The summed E-state index contributed by atoms with van der Waals surface area (Å²) in [7, 11) is -4.45. The largest absolute Gasteiger partial charge is 0.516 e. The Morgan fingerprint density at radius 2 is 1.67 bits per heavy atom. The topological polar surface area (TPSA) is 68.6 Å². The number of aromatic nitrogens is 1. The maximum atomic E-state index is 13.7. The molecule has 1 aromatic heterocycles. The first kappa shape index (κ1) is 24.0. The predicted molar refractivity (Wildman–Crippen MR) is 110 cm³/mol. The van der Waals surface area contributed by atoms with Crippen molar-refractivity contribution in [3.05, 3.63) is 29.8 Å². The monoisotopic (exact) mass is 448 g/mol. The molecule has 10 heteroatoms. The molecule has 0 saturated carbocycles. The number of benzene rings is 1. The van der Waals surface area contributed by atoms with E-state index in [1.54, 1.807) is 45.0 Å². The van der Waals surface area contributed by atoms with Gasteiger partial charge in [-0.2, -0.15) is 21.6 Å². The van der Waals surface area contributed by atoms with Gasteiger partial charge in [-0.15, -0.1) is 0 Å². The molecule has 2 rings (SSSR count). The number of carbonyl (C=O) groups excluding carboxylic acids is 1. The van der Waals surface area contributed by atoms with Crippen molar-refractivity contribution in [2.45, 2.75) is 58.7 Å². The molecule has 0 spiro atoms. The van der Waals surface area contributed by atoms with E-state index in [-0.39, 0.29) is 10.1 Å². The van der Waals surface area contributed by atoms with Crippen LogP contribution < -0.4 is 4.31 Å². The van der Waals surface area contributed by atoms with Crippen molar-refractivity contribution in [1.29, 1.82) is 0 Å². The average molecular weight is 449 g/mol. The first-order chi connectivity index (χ1) is 13.5. The van der Waals surface area contributed by atoms with Gasteiger partial charge in [-0.3, -0.25) is 0 Å². The minimum atomic E-state index is -5.92. The van der Waals surface area contributed by atoms with E-state index < -0.39 is 39.1 Å². The summed E-state index contributed by atoms with van der Waals surface area (Å²) in [6, 6.07) is 5.04. The van der Waals surface area contributed by atoms with Gasteiger partial charge >= 0.3 is 21.5 Å². The number of hydrogen-bond donors (Lipinski definition) is 0. The van der Waals surface area contributed by atoms with Gasteiger partial charge in [0.25, 0.3) is 0 Å². The van der Waals surface area contributed by atoms with Crippen molar-refractivity contribution in [2.75, 3.05) is 4.31 Å². The molecule has 0 aliphatic carbocycles. The molecule has 6 nitrogen and oxygen atoms in total. The van der Waals surface area contributed by atoms with Crippen LogP contribution in [-0.4, -0.2) is 36.1 Å². The highest BCUT2D eigenvalue weighted by molar-refractivity contribution is 7.93. The third kappa shape index (κ3) is 4.28. The normalized spacial score (nSPS) is 14.2. The Hall–Kier alpha value is -2.23. The number of para-hydroxylation sites is 1. The van der Waals surface area contributed by atoms with E-state index in [0.29, 0.717) is 16.5 Å². The molecular formula is C20H27F3N2O4S. The number of halogens is 3. The molecule has 2 aromatic rings. The molecule has 1 atom stereocenters. The predicted octanol–water partition coefficient (Wildman–Crippen LogP) is 4.51. The number of aryl methyl sites for hydroxylation is 2. The summed E-state index contributed by atoms with van der Waals surface area (Å²) in [6.07, 6.45) is 0. The van der Waals surface area contributed by atoms with Crippen molar-refractivity contribution in [3.63, 3.8) is 0 Å². The summed E-state index contributed by atoms with van der Waals surface area (Å²) >= 11 is 0. The number of hydrogen-bond acceptors (Lipinski definition) is 4. The summed E-state index contributed by atoms with van der Waals surface area (Å²) in [5.74, 6) is -2.07. The number of rotatable bonds is 5. The summed E-state index contributed by atoms with van der Waals surface area (Å²) in [4.78, 5) is 12.9. The van der Waals surface area contributed by atoms with Crippen LogP contribution in [0, 0.1) is 12.8 Å². The summed E-state index contributed by atoms with van der Waals surface area (Å²) in [6.45, 7) is 9.17. The minimum absolute atomic E-state index is 0.182. The van der Waals surface area contributed by atoms with E-state index in [2.05, 4.69) is 0 Å². The lowest BCUT2D eigenvalue weighted by atomic mass is 10.0. The molecule has 0 fully saturated rings. The molecule has 30 heavy (non-hydrogen) atoms. The first-order valence-electron chi connectivity index (χ1n) is 9.38. The lowest BCUT2D eigenvalue weighted by Crippen LogP contribution is -2.54. The number of fused-ring (bicyclic) bond motifs is 1.